The van der Waals surface area contributed by atoms with E-state index in [4.69, 9.17) is 0 Å². The summed E-state index contributed by atoms with van der Waals surface area (Å²) in [5, 5.41) is 2.98. The highest BCUT2D eigenvalue weighted by Gasteiger charge is 2.11. The van der Waals surface area contributed by atoms with Crippen molar-refractivity contribution in [3.8, 4) is 0 Å². The molecule has 0 atom stereocenters. The summed E-state index contributed by atoms with van der Waals surface area (Å²) >= 11 is 0. The van der Waals surface area contributed by atoms with Crippen LogP contribution < -0.4 is 5.32 Å². The fraction of sp³-hybridized carbons (Fsp3) is 0.929. The zero-order valence-corrected chi connectivity index (χ0v) is 11.7. The fourth-order valence-electron chi connectivity index (χ4n) is 1.47. The number of rotatable bonds is 7. The van der Waals surface area contributed by atoms with E-state index < -0.39 is 0 Å². The summed E-state index contributed by atoms with van der Waals surface area (Å²) in [5.74, 6) is 0.995. The van der Waals surface area contributed by atoms with Crippen molar-refractivity contribution in [2.45, 2.75) is 66.7 Å². The molecule has 1 amide bonds. The number of amides is 1. The van der Waals surface area contributed by atoms with Gasteiger partial charge >= 0.3 is 0 Å². The Bertz CT molecular complexity index is 191. The van der Waals surface area contributed by atoms with Gasteiger partial charge in [0.25, 0.3) is 0 Å². The molecule has 0 aromatic rings. The first-order valence-electron chi connectivity index (χ1n) is 6.58. The number of hydrogen-bond acceptors (Lipinski definition) is 1. The molecular formula is C14H29NO. The minimum absolute atomic E-state index is 0.188. The van der Waals surface area contributed by atoms with E-state index in [1.165, 1.54) is 19.3 Å². The first-order valence-corrected chi connectivity index (χ1v) is 6.58. The van der Waals surface area contributed by atoms with Crippen LogP contribution >= 0.6 is 0 Å². The van der Waals surface area contributed by atoms with Gasteiger partial charge in [-0.25, -0.2) is 0 Å². The van der Waals surface area contributed by atoms with E-state index in [2.05, 4.69) is 39.9 Å². The summed E-state index contributed by atoms with van der Waals surface area (Å²) < 4.78 is 0. The molecule has 0 radical (unpaired) electrons. The van der Waals surface area contributed by atoms with Gasteiger partial charge in [0.2, 0.25) is 5.91 Å². The molecule has 96 valence electrons. The molecule has 0 aliphatic carbocycles. The van der Waals surface area contributed by atoms with Crippen molar-refractivity contribution in [3.63, 3.8) is 0 Å². The Morgan fingerprint density at radius 3 is 2.25 bits per heavy atom. The molecule has 0 aromatic heterocycles. The molecule has 0 aromatic carbocycles. The Balaban J connectivity index is 3.38. The molecule has 0 fully saturated rings. The van der Waals surface area contributed by atoms with Crippen LogP contribution in [-0.2, 0) is 4.79 Å². The molecule has 0 aliphatic rings. The molecule has 0 unspecified atom stereocenters. The van der Waals surface area contributed by atoms with E-state index in [0.29, 0.717) is 6.42 Å². The van der Waals surface area contributed by atoms with E-state index in [0.717, 1.165) is 18.9 Å². The third-order valence-electron chi connectivity index (χ3n) is 2.50. The highest BCUT2D eigenvalue weighted by Crippen LogP contribution is 2.11. The Morgan fingerprint density at radius 2 is 1.75 bits per heavy atom. The Labute approximate surface area is 101 Å². The van der Waals surface area contributed by atoms with E-state index in [1.807, 2.05) is 0 Å². The van der Waals surface area contributed by atoms with Crippen LogP contribution in [0.5, 0.6) is 0 Å². The van der Waals surface area contributed by atoms with Gasteiger partial charge in [0, 0.05) is 13.0 Å². The SMILES string of the molecule is CC(C)CCCCCC(=O)NCC(C)(C)C. The molecule has 0 saturated heterocycles. The average Bonchev–Trinajstić information content (AvgIpc) is 2.12. The molecule has 0 saturated carbocycles. The van der Waals surface area contributed by atoms with Crippen LogP contribution in [-0.4, -0.2) is 12.5 Å². The molecule has 0 spiro atoms. The van der Waals surface area contributed by atoms with Crippen molar-refractivity contribution in [3.05, 3.63) is 0 Å². The summed E-state index contributed by atoms with van der Waals surface area (Å²) in [6.07, 6.45) is 5.44. The number of carbonyl (C=O) groups is 1. The molecule has 16 heavy (non-hydrogen) atoms. The van der Waals surface area contributed by atoms with Crippen molar-refractivity contribution in [2.24, 2.45) is 11.3 Å². The summed E-state index contributed by atoms with van der Waals surface area (Å²) in [6.45, 7) is 11.7. The van der Waals surface area contributed by atoms with Gasteiger partial charge in [-0.2, -0.15) is 0 Å². The third kappa shape index (κ3) is 11.5. The van der Waals surface area contributed by atoms with E-state index in [9.17, 15) is 4.79 Å². The van der Waals surface area contributed by atoms with Gasteiger partial charge in [0.15, 0.2) is 0 Å². The van der Waals surface area contributed by atoms with Crippen molar-refractivity contribution in [1.29, 1.82) is 0 Å². The summed E-state index contributed by atoms with van der Waals surface area (Å²) in [6, 6.07) is 0. The highest BCUT2D eigenvalue weighted by molar-refractivity contribution is 5.75. The van der Waals surface area contributed by atoms with E-state index in [1.54, 1.807) is 0 Å². The van der Waals surface area contributed by atoms with Crippen LogP contribution in [0.4, 0.5) is 0 Å². The van der Waals surface area contributed by atoms with Crippen molar-refractivity contribution in [2.75, 3.05) is 6.54 Å². The van der Waals surface area contributed by atoms with Gasteiger partial charge in [0.1, 0.15) is 0 Å². The first-order chi connectivity index (χ1) is 7.31. The second-order valence-electron chi connectivity index (χ2n) is 6.33. The topological polar surface area (TPSA) is 29.1 Å². The number of nitrogens with one attached hydrogen (secondary N) is 1. The molecule has 2 heteroatoms. The number of hydrogen-bond donors (Lipinski definition) is 1. The summed E-state index contributed by atoms with van der Waals surface area (Å²) in [4.78, 5) is 11.5. The minimum atomic E-state index is 0.188. The van der Waals surface area contributed by atoms with Gasteiger partial charge in [0.05, 0.1) is 0 Å². The second-order valence-corrected chi connectivity index (χ2v) is 6.33. The molecule has 0 rings (SSSR count). The predicted octanol–water partition coefficient (Wildman–Crippen LogP) is 3.76. The van der Waals surface area contributed by atoms with Gasteiger partial charge in [-0.1, -0.05) is 53.9 Å². The maximum absolute atomic E-state index is 11.5. The van der Waals surface area contributed by atoms with Gasteiger partial charge in [-0.15, -0.1) is 0 Å². The molecule has 0 aliphatic heterocycles. The lowest BCUT2D eigenvalue weighted by molar-refractivity contribution is -0.121. The first kappa shape index (κ1) is 15.5. The fourth-order valence-corrected chi connectivity index (χ4v) is 1.47. The zero-order valence-electron chi connectivity index (χ0n) is 11.7. The molecule has 0 heterocycles. The largest absolute Gasteiger partial charge is 0.356 e. The third-order valence-corrected chi connectivity index (χ3v) is 2.50. The van der Waals surface area contributed by atoms with Crippen LogP contribution in [0.3, 0.4) is 0 Å². The average molecular weight is 227 g/mol. The van der Waals surface area contributed by atoms with Gasteiger partial charge in [-0.3, -0.25) is 4.79 Å². The second kappa shape index (κ2) is 7.70. The van der Waals surface area contributed by atoms with Crippen LogP contribution in [0, 0.1) is 11.3 Å². The highest BCUT2D eigenvalue weighted by atomic mass is 16.1. The lowest BCUT2D eigenvalue weighted by Gasteiger charge is -2.18. The lowest BCUT2D eigenvalue weighted by Crippen LogP contribution is -2.31. The van der Waals surface area contributed by atoms with Crippen LogP contribution in [0.1, 0.15) is 66.7 Å². The maximum Gasteiger partial charge on any atom is 0.220 e. The Kier molecular flexibility index (Phi) is 7.44. The Morgan fingerprint density at radius 1 is 1.12 bits per heavy atom. The monoisotopic (exact) mass is 227 g/mol. The molecule has 2 nitrogen and oxygen atoms in total. The summed E-state index contributed by atoms with van der Waals surface area (Å²) in [7, 11) is 0. The van der Waals surface area contributed by atoms with Crippen molar-refractivity contribution in [1.82, 2.24) is 5.32 Å². The van der Waals surface area contributed by atoms with E-state index >= 15 is 0 Å². The number of unbranched alkanes of at least 4 members (excludes halogenated alkanes) is 2. The molecule has 0 bridgehead atoms. The van der Waals surface area contributed by atoms with Gasteiger partial charge in [-0.05, 0) is 17.8 Å². The van der Waals surface area contributed by atoms with Crippen LogP contribution in [0.15, 0.2) is 0 Å². The predicted molar refractivity (Wildman–Crippen MR) is 70.4 cm³/mol. The molecular weight excluding hydrogens is 198 g/mol. The van der Waals surface area contributed by atoms with Gasteiger partial charge < -0.3 is 5.32 Å². The maximum atomic E-state index is 11.5. The van der Waals surface area contributed by atoms with Crippen LogP contribution in [0.25, 0.3) is 0 Å². The minimum Gasteiger partial charge on any atom is -0.356 e. The van der Waals surface area contributed by atoms with E-state index in [-0.39, 0.29) is 11.3 Å². The lowest BCUT2D eigenvalue weighted by atomic mass is 9.97. The zero-order chi connectivity index (χ0) is 12.6. The van der Waals surface area contributed by atoms with Crippen LogP contribution in [0.2, 0.25) is 0 Å². The standard InChI is InChI=1S/C14H29NO/c1-12(2)9-7-6-8-10-13(16)15-11-14(3,4)5/h12H,6-11H2,1-5H3,(H,15,16). The number of carbonyl (C=O) groups excluding carboxylic acids is 1. The molecule has 1 N–H and O–H groups in total. The Hall–Kier alpha value is -0.530. The normalized spacial score (nSPS) is 11.9. The van der Waals surface area contributed by atoms with Crippen molar-refractivity contribution >= 4 is 5.91 Å². The summed E-state index contributed by atoms with van der Waals surface area (Å²) in [5.41, 5.74) is 0.188. The smallest absolute Gasteiger partial charge is 0.220 e. The quantitative estimate of drug-likeness (QED) is 0.659. The van der Waals surface area contributed by atoms with Crippen molar-refractivity contribution < 1.29 is 4.79 Å².